The Labute approximate surface area is 264 Å². The molecule has 1 heterocycles. The number of benzene rings is 4. The van der Waals surface area contributed by atoms with E-state index in [9.17, 15) is 4.79 Å². The number of carbonyl (C=O) groups is 1. The van der Waals surface area contributed by atoms with Gasteiger partial charge in [0.2, 0.25) is 0 Å². The highest BCUT2D eigenvalue weighted by atomic mass is 16.6. The molecular weight excluding hydrogens is 540 g/mol. The van der Waals surface area contributed by atoms with Crippen molar-refractivity contribution in [1.82, 2.24) is 10.2 Å². The number of amides is 1. The molecule has 4 heteroatoms. The number of nitrogens with zero attached hydrogens (tertiary/aromatic N) is 1. The van der Waals surface area contributed by atoms with Gasteiger partial charge in [-0.3, -0.25) is 5.32 Å². The summed E-state index contributed by atoms with van der Waals surface area (Å²) in [6.45, 7) is 7.35. The maximum absolute atomic E-state index is 12.6. The Morgan fingerprint density at radius 1 is 0.750 bits per heavy atom. The summed E-state index contributed by atoms with van der Waals surface area (Å²) in [6, 6.07) is 43.8. The van der Waals surface area contributed by atoms with Crippen LogP contribution in [0.2, 0.25) is 0 Å². The highest BCUT2D eigenvalue weighted by Crippen LogP contribution is 2.38. The van der Waals surface area contributed by atoms with Crippen LogP contribution < -0.4 is 5.32 Å². The number of nitrogens with one attached hydrogen (secondary N) is 1. The van der Waals surface area contributed by atoms with Gasteiger partial charge >= 0.3 is 6.09 Å². The van der Waals surface area contributed by atoms with Gasteiger partial charge in [-0.2, -0.15) is 0 Å². The van der Waals surface area contributed by atoms with Crippen molar-refractivity contribution in [2.24, 2.45) is 5.92 Å². The van der Waals surface area contributed by atoms with Crippen molar-refractivity contribution in [1.29, 1.82) is 0 Å². The summed E-state index contributed by atoms with van der Waals surface area (Å²) in [5, 5.41) is 4.28. The van der Waals surface area contributed by atoms with Gasteiger partial charge in [0, 0.05) is 19.1 Å². The fraction of sp³-hybridized carbons (Fsp3) is 0.375. The van der Waals surface area contributed by atoms with E-state index in [-0.39, 0.29) is 12.1 Å². The second kappa shape index (κ2) is 14.7. The van der Waals surface area contributed by atoms with Gasteiger partial charge in [0.05, 0.1) is 5.54 Å². The smallest absolute Gasteiger partial charge is 0.410 e. The van der Waals surface area contributed by atoms with E-state index >= 15 is 0 Å². The molecule has 1 saturated heterocycles. The molecule has 4 aromatic rings. The lowest BCUT2D eigenvalue weighted by molar-refractivity contribution is 0.0180. The molecule has 1 atom stereocenters. The average molecular weight is 589 g/mol. The van der Waals surface area contributed by atoms with E-state index in [1.165, 1.54) is 28.7 Å². The molecule has 0 bridgehead atoms. The Balaban J connectivity index is 1.37. The number of ether oxygens (including phenoxy) is 1. The lowest BCUT2D eigenvalue weighted by atomic mass is 9.76. The Morgan fingerprint density at radius 2 is 1.20 bits per heavy atom. The van der Waals surface area contributed by atoms with E-state index in [4.69, 9.17) is 4.74 Å². The number of likely N-dealkylation sites (tertiary alicyclic amines) is 1. The van der Waals surface area contributed by atoms with Gasteiger partial charge in [0.15, 0.2) is 0 Å². The first-order valence-electron chi connectivity index (χ1n) is 16.3. The van der Waals surface area contributed by atoms with Gasteiger partial charge in [-0.05, 0) is 74.6 Å². The first kappa shape index (κ1) is 31.5. The minimum absolute atomic E-state index is 0.179. The molecule has 4 nitrogen and oxygen atoms in total. The molecule has 0 unspecified atom stereocenters. The van der Waals surface area contributed by atoms with Crippen molar-refractivity contribution in [2.75, 3.05) is 13.1 Å². The van der Waals surface area contributed by atoms with E-state index in [0.29, 0.717) is 5.92 Å². The fourth-order valence-corrected chi connectivity index (χ4v) is 6.63. The molecule has 5 rings (SSSR count). The fourth-order valence-electron chi connectivity index (χ4n) is 6.63. The van der Waals surface area contributed by atoms with E-state index in [1.807, 2.05) is 25.7 Å². The first-order chi connectivity index (χ1) is 21.3. The number of carbonyl (C=O) groups excluding carboxylic acids is 1. The summed E-state index contributed by atoms with van der Waals surface area (Å²) in [5.74, 6) is 0.633. The summed E-state index contributed by atoms with van der Waals surface area (Å²) in [4.78, 5) is 14.5. The lowest BCUT2D eigenvalue weighted by Gasteiger charge is -2.40. The second-order valence-corrected chi connectivity index (χ2v) is 13.2. The summed E-state index contributed by atoms with van der Waals surface area (Å²) in [6.07, 6.45) is 6.22. The Hall–Kier alpha value is -3.89. The molecule has 1 amide bonds. The van der Waals surface area contributed by atoms with Crippen LogP contribution in [0, 0.1) is 5.92 Å². The standard InChI is InChI=1S/C40H48N2O2/c1-39(2,3)44-38(43)42-29-27-32(28-30-42)19-16-26-37(31-33-17-8-4-9-18-33)41-40(34-20-10-5-11-21-34,35-22-12-6-13-23-35)36-24-14-7-15-25-36/h4-15,17-18,20-25,32,37,41H,16,19,26-31H2,1-3H3/t37-/m1/s1. The number of piperidine rings is 1. The van der Waals surface area contributed by atoms with Crippen LogP contribution in [0.25, 0.3) is 0 Å². The van der Waals surface area contributed by atoms with Crippen molar-refractivity contribution in [3.05, 3.63) is 144 Å². The normalized spacial score (nSPS) is 15.1. The van der Waals surface area contributed by atoms with Gasteiger partial charge in [-0.15, -0.1) is 0 Å². The van der Waals surface area contributed by atoms with Crippen LogP contribution in [0.1, 0.15) is 75.1 Å². The third-order valence-electron chi connectivity index (χ3n) is 8.80. The average Bonchev–Trinajstić information content (AvgIpc) is 3.05. The van der Waals surface area contributed by atoms with E-state index in [0.717, 1.165) is 45.2 Å². The van der Waals surface area contributed by atoms with Crippen molar-refractivity contribution in [2.45, 2.75) is 76.5 Å². The van der Waals surface area contributed by atoms with E-state index < -0.39 is 11.1 Å². The summed E-state index contributed by atoms with van der Waals surface area (Å²) >= 11 is 0. The number of hydrogen-bond donors (Lipinski definition) is 1. The molecule has 44 heavy (non-hydrogen) atoms. The van der Waals surface area contributed by atoms with Gasteiger partial charge in [0.1, 0.15) is 5.60 Å². The quantitative estimate of drug-likeness (QED) is 0.178. The zero-order chi connectivity index (χ0) is 30.8. The molecule has 0 saturated carbocycles. The van der Waals surface area contributed by atoms with E-state index in [1.54, 1.807) is 0 Å². The van der Waals surface area contributed by atoms with Crippen LogP contribution >= 0.6 is 0 Å². The van der Waals surface area contributed by atoms with Crippen molar-refractivity contribution < 1.29 is 9.53 Å². The maximum Gasteiger partial charge on any atom is 0.410 e. The van der Waals surface area contributed by atoms with Gasteiger partial charge in [-0.1, -0.05) is 134 Å². The summed E-state index contributed by atoms with van der Waals surface area (Å²) in [5.41, 5.74) is 4.12. The minimum Gasteiger partial charge on any atom is -0.444 e. The topological polar surface area (TPSA) is 41.6 Å². The van der Waals surface area contributed by atoms with Crippen molar-refractivity contribution in [3.63, 3.8) is 0 Å². The van der Waals surface area contributed by atoms with Crippen molar-refractivity contribution >= 4 is 6.09 Å². The minimum atomic E-state index is -0.498. The zero-order valence-corrected chi connectivity index (χ0v) is 26.6. The second-order valence-electron chi connectivity index (χ2n) is 13.2. The van der Waals surface area contributed by atoms with Crippen LogP contribution in [0.3, 0.4) is 0 Å². The molecule has 1 aliphatic heterocycles. The summed E-state index contributed by atoms with van der Waals surface area (Å²) < 4.78 is 5.62. The molecule has 1 fully saturated rings. The summed E-state index contributed by atoms with van der Waals surface area (Å²) in [7, 11) is 0. The molecule has 230 valence electrons. The van der Waals surface area contributed by atoms with E-state index in [2.05, 4.69) is 127 Å². The third-order valence-corrected chi connectivity index (χ3v) is 8.80. The Bertz CT molecular complexity index is 1310. The van der Waals surface area contributed by atoms with Crippen LogP contribution in [0.5, 0.6) is 0 Å². The van der Waals surface area contributed by atoms with Gasteiger partial charge in [-0.25, -0.2) is 4.79 Å². The molecule has 1 aliphatic rings. The Morgan fingerprint density at radius 3 is 1.66 bits per heavy atom. The van der Waals surface area contributed by atoms with Crippen molar-refractivity contribution in [3.8, 4) is 0 Å². The highest BCUT2D eigenvalue weighted by Gasteiger charge is 2.38. The largest absolute Gasteiger partial charge is 0.444 e. The molecule has 1 N–H and O–H groups in total. The molecule has 4 aromatic carbocycles. The first-order valence-corrected chi connectivity index (χ1v) is 16.3. The molecule has 0 spiro atoms. The lowest BCUT2D eigenvalue weighted by Crippen LogP contribution is -2.50. The van der Waals surface area contributed by atoms with Gasteiger partial charge in [0.25, 0.3) is 0 Å². The predicted octanol–water partition coefficient (Wildman–Crippen LogP) is 9.00. The molecule has 0 aliphatic carbocycles. The SMILES string of the molecule is CC(C)(C)OC(=O)N1CCC(CCC[C@H](Cc2ccccc2)NC(c2ccccc2)(c2ccccc2)c2ccccc2)CC1. The molecule has 0 radical (unpaired) electrons. The Kier molecular flexibility index (Phi) is 10.6. The van der Waals surface area contributed by atoms with Gasteiger partial charge < -0.3 is 9.64 Å². The zero-order valence-electron chi connectivity index (χ0n) is 26.6. The molecule has 0 aromatic heterocycles. The predicted molar refractivity (Wildman–Crippen MR) is 181 cm³/mol. The van der Waals surface area contributed by atoms with Crippen LogP contribution in [0.4, 0.5) is 4.79 Å². The number of hydrogen-bond acceptors (Lipinski definition) is 3. The monoisotopic (exact) mass is 588 g/mol. The third kappa shape index (κ3) is 8.18. The van der Waals surface area contributed by atoms with Crippen LogP contribution in [0.15, 0.2) is 121 Å². The van der Waals surface area contributed by atoms with Crippen LogP contribution in [-0.4, -0.2) is 35.7 Å². The highest BCUT2D eigenvalue weighted by molar-refractivity contribution is 5.68. The van der Waals surface area contributed by atoms with Crippen LogP contribution in [-0.2, 0) is 16.7 Å². The number of rotatable bonds is 11. The maximum atomic E-state index is 12.6. The molecular formula is C40H48N2O2.